The van der Waals surface area contributed by atoms with E-state index in [9.17, 15) is 14.4 Å². The summed E-state index contributed by atoms with van der Waals surface area (Å²) in [6.45, 7) is -0.0722. The van der Waals surface area contributed by atoms with Crippen LogP contribution in [0.15, 0.2) is 48.8 Å². The van der Waals surface area contributed by atoms with Crippen LogP contribution in [-0.4, -0.2) is 55.5 Å². The van der Waals surface area contributed by atoms with Gasteiger partial charge < -0.3 is 15.5 Å². The van der Waals surface area contributed by atoms with Crippen LogP contribution in [0, 0.1) is 5.92 Å². The van der Waals surface area contributed by atoms with Gasteiger partial charge in [0.05, 0.1) is 11.7 Å². The van der Waals surface area contributed by atoms with Crippen LogP contribution >= 0.6 is 0 Å². The van der Waals surface area contributed by atoms with Gasteiger partial charge in [0.1, 0.15) is 12.6 Å². The molecule has 0 bridgehead atoms. The van der Waals surface area contributed by atoms with Gasteiger partial charge in [-0.05, 0) is 49.8 Å². The molecule has 2 aromatic heterocycles. The monoisotopic (exact) mass is 444 g/mol. The summed E-state index contributed by atoms with van der Waals surface area (Å²) in [5.41, 5.74) is 7.04. The normalized spacial score (nSPS) is 23.4. The van der Waals surface area contributed by atoms with Crippen molar-refractivity contribution in [1.82, 2.24) is 19.7 Å². The van der Waals surface area contributed by atoms with E-state index in [2.05, 4.69) is 10.1 Å². The van der Waals surface area contributed by atoms with Gasteiger partial charge in [-0.25, -0.2) is 0 Å². The van der Waals surface area contributed by atoms with Crippen molar-refractivity contribution in [2.24, 2.45) is 11.7 Å². The number of primary amides is 1. The standard InChI is InChI=1S/C24H24N6O3/c25-23(32)22-17-8-9-26-12-20(17)28(27-22)13-21(31)30-18-10-14(18)11-19(30)24(33)29(16-6-7-16)15-4-2-1-3-5-15/h1-5,8-9,12,14,16,18-19H,6-7,10-11,13H2,(H2,25,32)/t14-,18-,19+/m1/s1. The number of para-hydroxylation sites is 1. The minimum Gasteiger partial charge on any atom is -0.364 e. The van der Waals surface area contributed by atoms with Gasteiger partial charge in [-0.15, -0.1) is 0 Å². The van der Waals surface area contributed by atoms with Crippen LogP contribution in [0.2, 0.25) is 0 Å². The molecule has 1 aliphatic heterocycles. The van der Waals surface area contributed by atoms with E-state index in [1.54, 1.807) is 23.4 Å². The lowest BCUT2D eigenvalue weighted by molar-refractivity contribution is -0.139. The number of piperidine rings is 1. The molecule has 3 fully saturated rings. The molecule has 168 valence electrons. The number of carbonyl (C=O) groups excluding carboxylic acids is 3. The Labute approximate surface area is 190 Å². The molecule has 2 saturated carbocycles. The van der Waals surface area contributed by atoms with Crippen molar-refractivity contribution in [2.75, 3.05) is 4.90 Å². The molecule has 1 saturated heterocycles. The largest absolute Gasteiger partial charge is 0.364 e. The van der Waals surface area contributed by atoms with E-state index in [0.29, 0.717) is 23.2 Å². The van der Waals surface area contributed by atoms with Crippen LogP contribution in [0.4, 0.5) is 5.69 Å². The zero-order chi connectivity index (χ0) is 22.7. The molecule has 3 heterocycles. The number of likely N-dealkylation sites (tertiary alicyclic amines) is 1. The van der Waals surface area contributed by atoms with E-state index in [4.69, 9.17) is 5.73 Å². The summed E-state index contributed by atoms with van der Waals surface area (Å²) in [7, 11) is 0. The fourth-order valence-corrected chi connectivity index (χ4v) is 5.17. The molecule has 3 amide bonds. The molecule has 3 aliphatic rings. The molecule has 33 heavy (non-hydrogen) atoms. The molecule has 0 unspecified atom stereocenters. The number of carbonyl (C=O) groups is 3. The zero-order valence-corrected chi connectivity index (χ0v) is 18.0. The molecule has 9 nitrogen and oxygen atoms in total. The highest BCUT2D eigenvalue weighted by Gasteiger charge is 2.57. The molecule has 6 rings (SSSR count). The van der Waals surface area contributed by atoms with Crippen molar-refractivity contribution in [2.45, 2.75) is 50.4 Å². The fraction of sp³-hybridized carbons (Fsp3) is 0.375. The SMILES string of the molecule is NC(=O)c1nn(CC(=O)N2[C@@H]3C[C@@H]3C[C@H]2C(=O)N(c2ccccc2)C2CC2)c2cnccc12. The number of hydrogen-bond donors (Lipinski definition) is 1. The number of nitrogens with two attached hydrogens (primary N) is 1. The number of hydrogen-bond acceptors (Lipinski definition) is 5. The number of nitrogens with zero attached hydrogens (tertiary/aromatic N) is 5. The summed E-state index contributed by atoms with van der Waals surface area (Å²) < 4.78 is 1.47. The second-order valence-electron chi connectivity index (χ2n) is 9.15. The van der Waals surface area contributed by atoms with Gasteiger partial charge in [-0.1, -0.05) is 18.2 Å². The van der Waals surface area contributed by atoms with Crippen LogP contribution in [0.5, 0.6) is 0 Å². The zero-order valence-electron chi connectivity index (χ0n) is 18.0. The van der Waals surface area contributed by atoms with E-state index in [0.717, 1.165) is 24.9 Å². The van der Waals surface area contributed by atoms with Gasteiger partial charge in [0.25, 0.3) is 5.91 Å². The number of anilines is 1. The second kappa shape index (κ2) is 7.40. The molecule has 9 heteroatoms. The number of benzene rings is 1. The van der Waals surface area contributed by atoms with Gasteiger partial charge in [0, 0.05) is 29.4 Å². The summed E-state index contributed by atoms with van der Waals surface area (Å²) in [6.07, 6.45) is 6.71. The highest BCUT2D eigenvalue weighted by molar-refractivity contribution is 6.04. The third kappa shape index (κ3) is 3.35. The van der Waals surface area contributed by atoms with Gasteiger partial charge >= 0.3 is 0 Å². The predicted octanol–water partition coefficient (Wildman–Crippen LogP) is 1.72. The lowest BCUT2D eigenvalue weighted by Gasteiger charge is -2.32. The van der Waals surface area contributed by atoms with E-state index in [1.165, 1.54) is 4.68 Å². The fourth-order valence-electron chi connectivity index (χ4n) is 5.17. The van der Waals surface area contributed by atoms with Crippen molar-refractivity contribution in [3.05, 3.63) is 54.5 Å². The number of amides is 3. The average Bonchev–Trinajstić information content (AvgIpc) is 3.73. The smallest absolute Gasteiger partial charge is 0.269 e. The Bertz CT molecular complexity index is 1270. The Balaban J connectivity index is 1.29. The molecular formula is C24H24N6O3. The van der Waals surface area contributed by atoms with Crippen LogP contribution in [0.3, 0.4) is 0 Å². The molecule has 0 spiro atoms. The first-order valence-electron chi connectivity index (χ1n) is 11.3. The van der Waals surface area contributed by atoms with Crippen LogP contribution in [-0.2, 0) is 16.1 Å². The first kappa shape index (κ1) is 19.9. The lowest BCUT2D eigenvalue weighted by Crippen LogP contribution is -2.51. The Hall–Kier alpha value is -3.75. The maximum atomic E-state index is 13.7. The predicted molar refractivity (Wildman–Crippen MR) is 120 cm³/mol. The van der Waals surface area contributed by atoms with Crippen molar-refractivity contribution >= 4 is 34.3 Å². The van der Waals surface area contributed by atoms with Crippen molar-refractivity contribution in [3.63, 3.8) is 0 Å². The lowest BCUT2D eigenvalue weighted by atomic mass is 10.1. The van der Waals surface area contributed by atoms with Crippen LogP contribution < -0.4 is 10.6 Å². The molecular weight excluding hydrogens is 420 g/mol. The van der Waals surface area contributed by atoms with Gasteiger partial charge in [-0.3, -0.25) is 24.0 Å². The van der Waals surface area contributed by atoms with Crippen molar-refractivity contribution in [3.8, 4) is 0 Å². The van der Waals surface area contributed by atoms with Crippen LogP contribution in [0.25, 0.3) is 10.9 Å². The van der Waals surface area contributed by atoms with E-state index in [-0.39, 0.29) is 36.1 Å². The third-order valence-electron chi connectivity index (χ3n) is 6.93. The Morgan fingerprint density at radius 1 is 1.09 bits per heavy atom. The number of fused-ring (bicyclic) bond motifs is 2. The molecule has 1 aromatic carbocycles. The second-order valence-corrected chi connectivity index (χ2v) is 9.15. The topological polar surface area (TPSA) is 114 Å². The number of rotatable bonds is 6. The summed E-state index contributed by atoms with van der Waals surface area (Å²) in [5, 5.41) is 4.85. The highest BCUT2D eigenvalue weighted by atomic mass is 16.2. The summed E-state index contributed by atoms with van der Waals surface area (Å²) in [6, 6.07) is 11.2. The Morgan fingerprint density at radius 2 is 1.88 bits per heavy atom. The maximum absolute atomic E-state index is 13.7. The molecule has 2 aliphatic carbocycles. The van der Waals surface area contributed by atoms with Gasteiger partial charge in [0.15, 0.2) is 5.69 Å². The minimum absolute atomic E-state index is 0.00550. The van der Waals surface area contributed by atoms with Crippen LogP contribution in [0.1, 0.15) is 36.2 Å². The highest BCUT2D eigenvalue weighted by Crippen LogP contribution is 2.49. The maximum Gasteiger partial charge on any atom is 0.269 e. The first-order valence-corrected chi connectivity index (χ1v) is 11.3. The van der Waals surface area contributed by atoms with Gasteiger partial charge in [0.2, 0.25) is 11.8 Å². The Kier molecular flexibility index (Phi) is 4.46. The molecule has 0 radical (unpaired) electrons. The molecule has 3 atom stereocenters. The van der Waals surface area contributed by atoms with E-state index < -0.39 is 11.9 Å². The first-order chi connectivity index (χ1) is 16.0. The van der Waals surface area contributed by atoms with Crippen molar-refractivity contribution in [1.29, 1.82) is 0 Å². The summed E-state index contributed by atoms with van der Waals surface area (Å²) in [5.74, 6) is -0.464. The summed E-state index contributed by atoms with van der Waals surface area (Å²) in [4.78, 5) is 46.8. The Morgan fingerprint density at radius 3 is 2.61 bits per heavy atom. The molecule has 3 aromatic rings. The quantitative estimate of drug-likeness (QED) is 0.622. The van der Waals surface area contributed by atoms with E-state index in [1.807, 2.05) is 35.2 Å². The molecule has 2 N–H and O–H groups in total. The van der Waals surface area contributed by atoms with E-state index >= 15 is 0 Å². The number of aromatic nitrogens is 3. The minimum atomic E-state index is -0.656. The third-order valence-corrected chi connectivity index (χ3v) is 6.93. The summed E-state index contributed by atoms with van der Waals surface area (Å²) >= 11 is 0. The van der Waals surface area contributed by atoms with Crippen molar-refractivity contribution < 1.29 is 14.4 Å². The van der Waals surface area contributed by atoms with Gasteiger partial charge in [-0.2, -0.15) is 5.10 Å². The average molecular weight is 444 g/mol. The number of pyridine rings is 1.